The summed E-state index contributed by atoms with van der Waals surface area (Å²) in [6.07, 6.45) is 9.08. The van der Waals surface area contributed by atoms with Crippen molar-refractivity contribution in [2.24, 2.45) is 5.92 Å². The number of carbonyl (C=O) groups excluding carboxylic acids is 1. The first-order chi connectivity index (χ1) is 9.60. The molecule has 2 atom stereocenters. The van der Waals surface area contributed by atoms with Crippen molar-refractivity contribution < 1.29 is 13.2 Å². The van der Waals surface area contributed by atoms with Crippen LogP contribution >= 0.6 is 0 Å². The van der Waals surface area contributed by atoms with E-state index in [1.165, 1.54) is 0 Å². The molecule has 0 amide bonds. The molecule has 0 bridgehead atoms. The molecule has 0 aromatic heterocycles. The molecule has 0 N–H and O–H groups in total. The fourth-order valence-corrected chi connectivity index (χ4v) is 6.60. The van der Waals surface area contributed by atoms with Gasteiger partial charge in [-0.25, -0.2) is 8.42 Å². The fourth-order valence-electron chi connectivity index (χ4n) is 4.28. The minimum Gasteiger partial charge on any atom is -0.299 e. The molecular formula is C15H25NO3S. The van der Waals surface area contributed by atoms with Crippen molar-refractivity contribution in [3.63, 3.8) is 0 Å². The van der Waals surface area contributed by atoms with Gasteiger partial charge >= 0.3 is 0 Å². The molecule has 5 heteroatoms. The number of hydrogen-bond acceptors (Lipinski definition) is 3. The summed E-state index contributed by atoms with van der Waals surface area (Å²) in [5.41, 5.74) is 0. The van der Waals surface area contributed by atoms with E-state index in [9.17, 15) is 13.2 Å². The third kappa shape index (κ3) is 2.54. The molecule has 1 saturated heterocycles. The van der Waals surface area contributed by atoms with E-state index in [0.29, 0.717) is 18.7 Å². The van der Waals surface area contributed by atoms with Crippen LogP contribution in [0.2, 0.25) is 0 Å². The Hall–Kier alpha value is -0.420. The van der Waals surface area contributed by atoms with Crippen LogP contribution in [0.4, 0.5) is 0 Å². The van der Waals surface area contributed by atoms with E-state index in [1.807, 2.05) is 0 Å². The monoisotopic (exact) mass is 299 g/mol. The molecule has 0 radical (unpaired) electrons. The lowest BCUT2D eigenvalue weighted by atomic mass is 9.82. The molecule has 3 rings (SSSR count). The maximum absolute atomic E-state index is 12.8. The van der Waals surface area contributed by atoms with Crippen molar-refractivity contribution in [1.29, 1.82) is 0 Å². The SMILES string of the molecule is O=C1CCCCC1C1CCCN1S(=O)(=O)C1CCCC1. The molecule has 114 valence electrons. The van der Waals surface area contributed by atoms with E-state index >= 15 is 0 Å². The molecule has 0 spiro atoms. The molecule has 3 aliphatic rings. The summed E-state index contributed by atoms with van der Waals surface area (Å²) in [5.74, 6) is 0.275. The normalized spacial score (nSPS) is 33.9. The average molecular weight is 299 g/mol. The first kappa shape index (κ1) is 14.5. The standard InChI is InChI=1S/C15H25NO3S/c17-15-10-4-3-8-13(15)14-9-5-11-16(14)20(18,19)12-6-1-2-7-12/h12-14H,1-11H2. The maximum Gasteiger partial charge on any atom is 0.217 e. The Morgan fingerprint density at radius 1 is 0.900 bits per heavy atom. The lowest BCUT2D eigenvalue weighted by molar-refractivity contribution is -0.126. The van der Waals surface area contributed by atoms with Crippen molar-refractivity contribution in [3.05, 3.63) is 0 Å². The number of Topliss-reactive ketones (excluding diaryl/α,β-unsaturated/α-hetero) is 1. The van der Waals surface area contributed by atoms with Crippen molar-refractivity contribution in [2.45, 2.75) is 75.5 Å². The third-order valence-corrected chi connectivity index (χ3v) is 7.79. The van der Waals surface area contributed by atoms with Crippen LogP contribution in [-0.4, -0.2) is 36.3 Å². The molecule has 1 aliphatic heterocycles. The summed E-state index contributed by atoms with van der Waals surface area (Å²) in [7, 11) is -3.18. The number of carbonyl (C=O) groups is 1. The van der Waals surface area contributed by atoms with Gasteiger partial charge in [0.2, 0.25) is 10.0 Å². The third-order valence-electron chi connectivity index (χ3n) is 5.36. The molecule has 1 heterocycles. The highest BCUT2D eigenvalue weighted by atomic mass is 32.2. The van der Waals surface area contributed by atoms with E-state index in [1.54, 1.807) is 4.31 Å². The summed E-state index contributed by atoms with van der Waals surface area (Å²) in [6.45, 7) is 0.632. The molecule has 2 aliphatic carbocycles. The van der Waals surface area contributed by atoms with Gasteiger partial charge < -0.3 is 0 Å². The minimum absolute atomic E-state index is 0.0255. The van der Waals surface area contributed by atoms with Crippen LogP contribution in [0, 0.1) is 5.92 Å². The fraction of sp³-hybridized carbons (Fsp3) is 0.933. The van der Waals surface area contributed by atoms with Crippen molar-refractivity contribution >= 4 is 15.8 Å². The van der Waals surface area contributed by atoms with Gasteiger partial charge in [0, 0.05) is 24.9 Å². The molecule has 20 heavy (non-hydrogen) atoms. The lowest BCUT2D eigenvalue weighted by Gasteiger charge is -2.33. The van der Waals surface area contributed by atoms with Gasteiger partial charge in [-0.3, -0.25) is 4.79 Å². The molecule has 4 nitrogen and oxygen atoms in total. The highest BCUT2D eigenvalue weighted by Crippen LogP contribution is 2.37. The Kier molecular flexibility index (Phi) is 4.18. The van der Waals surface area contributed by atoms with E-state index in [4.69, 9.17) is 0 Å². The molecule has 0 aromatic carbocycles. The zero-order valence-electron chi connectivity index (χ0n) is 12.1. The Labute approximate surface area is 122 Å². The predicted molar refractivity (Wildman–Crippen MR) is 77.9 cm³/mol. The number of hydrogen-bond donors (Lipinski definition) is 0. The summed E-state index contributed by atoms with van der Waals surface area (Å²) in [5, 5.41) is -0.179. The molecule has 2 saturated carbocycles. The first-order valence-corrected chi connectivity index (χ1v) is 9.64. The Balaban J connectivity index is 1.79. The highest BCUT2D eigenvalue weighted by molar-refractivity contribution is 7.89. The molecule has 2 unspecified atom stereocenters. The van der Waals surface area contributed by atoms with Crippen LogP contribution in [0.3, 0.4) is 0 Å². The smallest absolute Gasteiger partial charge is 0.217 e. The van der Waals surface area contributed by atoms with Gasteiger partial charge in [0.05, 0.1) is 5.25 Å². The van der Waals surface area contributed by atoms with Gasteiger partial charge in [0.25, 0.3) is 0 Å². The molecule has 0 aromatic rings. The zero-order valence-corrected chi connectivity index (χ0v) is 12.9. The second-order valence-electron chi connectivity index (χ2n) is 6.59. The average Bonchev–Trinajstić information content (AvgIpc) is 3.11. The maximum atomic E-state index is 12.8. The van der Waals surface area contributed by atoms with Gasteiger partial charge in [-0.05, 0) is 38.5 Å². The largest absolute Gasteiger partial charge is 0.299 e. The van der Waals surface area contributed by atoms with Gasteiger partial charge in [-0.1, -0.05) is 19.3 Å². The summed E-state index contributed by atoms with van der Waals surface area (Å²) < 4.78 is 27.3. The van der Waals surface area contributed by atoms with Crippen molar-refractivity contribution in [3.8, 4) is 0 Å². The van der Waals surface area contributed by atoms with Crippen molar-refractivity contribution in [2.75, 3.05) is 6.54 Å². The number of rotatable bonds is 3. The van der Waals surface area contributed by atoms with Gasteiger partial charge in [-0.2, -0.15) is 4.31 Å². The van der Waals surface area contributed by atoms with E-state index in [2.05, 4.69) is 0 Å². The summed E-state index contributed by atoms with van der Waals surface area (Å²) >= 11 is 0. The van der Waals surface area contributed by atoms with Crippen LogP contribution in [-0.2, 0) is 14.8 Å². The lowest BCUT2D eigenvalue weighted by Crippen LogP contribution is -2.46. The number of ketones is 1. The van der Waals surface area contributed by atoms with Crippen LogP contribution < -0.4 is 0 Å². The number of sulfonamides is 1. The Morgan fingerprint density at radius 3 is 2.30 bits per heavy atom. The van der Waals surface area contributed by atoms with Crippen molar-refractivity contribution in [1.82, 2.24) is 4.31 Å². The Morgan fingerprint density at radius 2 is 1.60 bits per heavy atom. The quantitative estimate of drug-likeness (QED) is 0.804. The predicted octanol–water partition coefficient (Wildman–Crippen LogP) is 2.48. The molecular weight excluding hydrogens is 274 g/mol. The second kappa shape index (κ2) is 5.76. The van der Waals surface area contributed by atoms with E-state index in [-0.39, 0.29) is 17.2 Å². The Bertz CT molecular complexity index is 468. The van der Waals surface area contributed by atoms with Gasteiger partial charge in [0.15, 0.2) is 0 Å². The zero-order chi connectivity index (χ0) is 14.2. The van der Waals surface area contributed by atoms with Crippen LogP contribution in [0.15, 0.2) is 0 Å². The summed E-state index contributed by atoms with van der Waals surface area (Å²) in [6, 6.07) is -0.0339. The van der Waals surface area contributed by atoms with Crippen LogP contribution in [0.1, 0.15) is 64.2 Å². The van der Waals surface area contributed by atoms with Crippen LogP contribution in [0.25, 0.3) is 0 Å². The van der Waals surface area contributed by atoms with E-state index in [0.717, 1.165) is 57.8 Å². The molecule has 3 fully saturated rings. The topological polar surface area (TPSA) is 54.5 Å². The van der Waals surface area contributed by atoms with Crippen LogP contribution in [0.5, 0.6) is 0 Å². The van der Waals surface area contributed by atoms with Gasteiger partial charge in [0.1, 0.15) is 5.78 Å². The number of nitrogens with zero attached hydrogens (tertiary/aromatic N) is 1. The minimum atomic E-state index is -3.18. The first-order valence-electron chi connectivity index (χ1n) is 8.14. The van der Waals surface area contributed by atoms with Gasteiger partial charge in [-0.15, -0.1) is 0 Å². The second-order valence-corrected chi connectivity index (χ2v) is 8.76. The van der Waals surface area contributed by atoms with E-state index < -0.39 is 10.0 Å². The summed E-state index contributed by atoms with van der Waals surface area (Å²) in [4.78, 5) is 12.2. The highest BCUT2D eigenvalue weighted by Gasteiger charge is 2.44.